The summed E-state index contributed by atoms with van der Waals surface area (Å²) < 4.78 is 12.0. The maximum atomic E-state index is 13.5. The van der Waals surface area contributed by atoms with Crippen LogP contribution in [0.2, 0.25) is 0 Å². The van der Waals surface area contributed by atoms with E-state index in [1.165, 1.54) is 0 Å². The number of fused-ring (bicyclic) bond motifs is 1. The minimum atomic E-state index is -1.46. The number of hydrogen-bond acceptors (Lipinski definition) is 5. The number of carbonyl (C=O) groups excluding carboxylic acids is 2. The molecule has 7 nitrogen and oxygen atoms in total. The van der Waals surface area contributed by atoms with Gasteiger partial charge in [-0.1, -0.05) is 64.5 Å². The number of carbonyl (C=O) groups is 2. The second-order valence-corrected chi connectivity index (χ2v) is 8.30. The molecule has 1 heterocycles. The largest absolute Gasteiger partial charge is 0.490 e. The predicted molar refractivity (Wildman–Crippen MR) is 124 cm³/mol. The highest BCUT2D eigenvalue weighted by atomic mass is 79.9. The average Bonchev–Trinajstić information content (AvgIpc) is 3.17. The van der Waals surface area contributed by atoms with Crippen LogP contribution >= 0.6 is 15.9 Å². The topological polar surface area (TPSA) is 103 Å². The van der Waals surface area contributed by atoms with Gasteiger partial charge in [0, 0.05) is 22.3 Å². The van der Waals surface area contributed by atoms with Crippen molar-refractivity contribution in [2.75, 3.05) is 11.9 Å². The quantitative estimate of drug-likeness (QED) is 0.478. The number of alkyl carbamates (subject to hydrolysis) is 1. The first-order valence-corrected chi connectivity index (χ1v) is 10.8. The molecule has 0 radical (unpaired) electrons. The van der Waals surface area contributed by atoms with E-state index < -0.39 is 17.5 Å². The van der Waals surface area contributed by atoms with Crippen molar-refractivity contribution in [2.45, 2.75) is 18.7 Å². The van der Waals surface area contributed by atoms with Gasteiger partial charge in [-0.2, -0.15) is 0 Å². The molecule has 4 N–H and O–H groups in total. The second-order valence-electron chi connectivity index (χ2n) is 7.38. The van der Waals surface area contributed by atoms with Gasteiger partial charge in [0.2, 0.25) is 0 Å². The molecule has 2 amide bonds. The van der Waals surface area contributed by atoms with Gasteiger partial charge in [0.15, 0.2) is 5.54 Å². The summed E-state index contributed by atoms with van der Waals surface area (Å²) >= 11 is 3.41. The van der Waals surface area contributed by atoms with Crippen LogP contribution in [0.25, 0.3) is 0 Å². The first kappa shape index (κ1) is 21.9. The van der Waals surface area contributed by atoms with Crippen molar-refractivity contribution in [3.05, 3.63) is 94.0 Å². The standard InChI is InChI=1S/C24H22BrN3O4/c25-18-9-10-20-21(12-18)32-15-24(20,22(29)27-19-8-4-7-17(11-19)13-26)28-23(30)31-14-16-5-2-1-3-6-16/h1-12H,13-15,26H2,(H,27,29)(H,28,30)/t24-/m0/s1. The fraction of sp³-hybridized carbons (Fsp3) is 0.167. The number of benzene rings is 3. The molecular formula is C24H22BrN3O4. The number of nitrogens with two attached hydrogens (primary N) is 1. The highest BCUT2D eigenvalue weighted by Crippen LogP contribution is 2.39. The van der Waals surface area contributed by atoms with Crippen LogP contribution in [0.5, 0.6) is 5.75 Å². The summed E-state index contributed by atoms with van der Waals surface area (Å²) in [5.41, 5.74) is 7.09. The van der Waals surface area contributed by atoms with Gasteiger partial charge in [-0.3, -0.25) is 10.1 Å². The van der Waals surface area contributed by atoms with E-state index in [0.717, 1.165) is 15.6 Å². The van der Waals surface area contributed by atoms with Crippen molar-refractivity contribution in [2.24, 2.45) is 5.73 Å². The van der Waals surface area contributed by atoms with Crippen LogP contribution in [0.1, 0.15) is 16.7 Å². The van der Waals surface area contributed by atoms with Gasteiger partial charge in [-0.25, -0.2) is 4.79 Å². The molecule has 0 saturated heterocycles. The Balaban J connectivity index is 1.59. The molecule has 3 aromatic rings. The molecule has 1 aliphatic heterocycles. The van der Waals surface area contributed by atoms with Gasteiger partial charge in [0.1, 0.15) is 19.0 Å². The van der Waals surface area contributed by atoms with E-state index in [-0.39, 0.29) is 13.2 Å². The second kappa shape index (κ2) is 9.42. The molecule has 4 rings (SSSR count). The SMILES string of the molecule is NCc1cccc(NC(=O)[C@]2(NC(=O)OCc3ccccc3)COc3cc(Br)ccc32)c1. The van der Waals surface area contributed by atoms with E-state index in [1.807, 2.05) is 42.5 Å². The lowest BCUT2D eigenvalue weighted by atomic mass is 9.91. The van der Waals surface area contributed by atoms with Crippen molar-refractivity contribution >= 4 is 33.6 Å². The first-order valence-electron chi connectivity index (χ1n) is 10.0. The van der Waals surface area contributed by atoms with E-state index in [4.69, 9.17) is 15.2 Å². The molecule has 3 aromatic carbocycles. The molecule has 0 aromatic heterocycles. The molecule has 1 atom stereocenters. The molecule has 0 saturated carbocycles. The van der Waals surface area contributed by atoms with Crippen molar-refractivity contribution in [3.63, 3.8) is 0 Å². The minimum absolute atomic E-state index is 0.0678. The molecule has 164 valence electrons. The molecule has 0 spiro atoms. The van der Waals surface area contributed by atoms with Crippen LogP contribution in [0.3, 0.4) is 0 Å². The van der Waals surface area contributed by atoms with Crippen LogP contribution < -0.4 is 21.1 Å². The first-order chi connectivity index (χ1) is 15.5. The number of ether oxygens (including phenoxy) is 2. The van der Waals surface area contributed by atoms with Gasteiger partial charge in [0.05, 0.1) is 0 Å². The molecule has 0 aliphatic carbocycles. The molecule has 0 bridgehead atoms. The smallest absolute Gasteiger partial charge is 0.408 e. The third kappa shape index (κ3) is 4.61. The van der Waals surface area contributed by atoms with Gasteiger partial charge in [0.25, 0.3) is 5.91 Å². The summed E-state index contributed by atoms with van der Waals surface area (Å²) in [7, 11) is 0. The van der Waals surface area contributed by atoms with Crippen LogP contribution in [-0.2, 0) is 28.2 Å². The fourth-order valence-corrected chi connectivity index (χ4v) is 3.87. The average molecular weight is 496 g/mol. The molecule has 0 unspecified atom stereocenters. The number of amides is 2. The van der Waals surface area contributed by atoms with E-state index in [0.29, 0.717) is 23.5 Å². The molecular weight excluding hydrogens is 474 g/mol. The number of hydrogen-bond donors (Lipinski definition) is 3. The molecule has 8 heteroatoms. The number of halogens is 1. The van der Waals surface area contributed by atoms with E-state index in [1.54, 1.807) is 30.3 Å². The van der Waals surface area contributed by atoms with Gasteiger partial charge >= 0.3 is 6.09 Å². The molecule has 1 aliphatic rings. The van der Waals surface area contributed by atoms with Crippen LogP contribution in [-0.4, -0.2) is 18.6 Å². The van der Waals surface area contributed by atoms with Crippen LogP contribution in [0.4, 0.5) is 10.5 Å². The third-order valence-corrected chi connectivity index (χ3v) is 5.68. The Bertz CT molecular complexity index is 1140. The Morgan fingerprint density at radius 1 is 1.03 bits per heavy atom. The maximum Gasteiger partial charge on any atom is 0.408 e. The lowest BCUT2D eigenvalue weighted by Crippen LogP contribution is -2.55. The number of rotatable bonds is 6. The zero-order valence-corrected chi connectivity index (χ0v) is 18.7. The summed E-state index contributed by atoms with van der Waals surface area (Å²) in [6.07, 6.45) is -0.723. The summed E-state index contributed by atoms with van der Waals surface area (Å²) in [5, 5.41) is 5.63. The summed E-state index contributed by atoms with van der Waals surface area (Å²) in [6.45, 7) is 0.359. The number of nitrogens with one attached hydrogen (secondary N) is 2. The van der Waals surface area contributed by atoms with Crippen molar-refractivity contribution < 1.29 is 19.1 Å². The van der Waals surface area contributed by atoms with Crippen LogP contribution in [0, 0.1) is 0 Å². The Morgan fingerprint density at radius 2 is 1.81 bits per heavy atom. The van der Waals surface area contributed by atoms with E-state index in [9.17, 15) is 9.59 Å². The Morgan fingerprint density at radius 3 is 2.59 bits per heavy atom. The van der Waals surface area contributed by atoms with Gasteiger partial charge in [-0.15, -0.1) is 0 Å². The zero-order valence-electron chi connectivity index (χ0n) is 17.1. The Labute approximate surface area is 194 Å². The summed E-state index contributed by atoms with van der Waals surface area (Å²) in [6, 6.07) is 21.8. The monoisotopic (exact) mass is 495 g/mol. The van der Waals surface area contributed by atoms with Crippen LogP contribution in [0.15, 0.2) is 77.3 Å². The summed E-state index contributed by atoms with van der Waals surface area (Å²) in [5.74, 6) is 0.0676. The lowest BCUT2D eigenvalue weighted by molar-refractivity contribution is -0.123. The van der Waals surface area contributed by atoms with E-state index in [2.05, 4.69) is 26.6 Å². The fourth-order valence-electron chi connectivity index (χ4n) is 3.53. The zero-order chi connectivity index (χ0) is 22.6. The van der Waals surface area contributed by atoms with Gasteiger partial charge in [-0.05, 0) is 35.4 Å². The number of anilines is 1. The maximum absolute atomic E-state index is 13.5. The van der Waals surface area contributed by atoms with Crippen molar-refractivity contribution in [1.82, 2.24) is 5.32 Å². The third-order valence-electron chi connectivity index (χ3n) is 5.18. The van der Waals surface area contributed by atoms with E-state index >= 15 is 0 Å². The normalized spacial score (nSPS) is 16.6. The lowest BCUT2D eigenvalue weighted by Gasteiger charge is -2.28. The Hall–Kier alpha value is -3.36. The minimum Gasteiger partial charge on any atom is -0.490 e. The summed E-state index contributed by atoms with van der Waals surface area (Å²) in [4.78, 5) is 26.2. The highest BCUT2D eigenvalue weighted by Gasteiger charge is 2.49. The van der Waals surface area contributed by atoms with Crippen molar-refractivity contribution in [1.29, 1.82) is 0 Å². The van der Waals surface area contributed by atoms with Gasteiger partial charge < -0.3 is 20.5 Å². The predicted octanol–water partition coefficient (Wildman–Crippen LogP) is 4.06. The molecule has 0 fully saturated rings. The Kier molecular flexibility index (Phi) is 6.43. The van der Waals surface area contributed by atoms with Crippen molar-refractivity contribution in [3.8, 4) is 5.75 Å². The highest BCUT2D eigenvalue weighted by molar-refractivity contribution is 9.10. The molecule has 32 heavy (non-hydrogen) atoms.